The van der Waals surface area contributed by atoms with Crippen molar-refractivity contribution in [2.24, 2.45) is 0 Å². The zero-order valence-corrected chi connectivity index (χ0v) is 15.0. The molecule has 0 bridgehead atoms. The van der Waals surface area contributed by atoms with Crippen LogP contribution in [0.2, 0.25) is 0 Å². The maximum Gasteiger partial charge on any atom is 0.387 e. The summed E-state index contributed by atoms with van der Waals surface area (Å²) in [4.78, 5) is 0. The highest BCUT2D eigenvalue weighted by atomic mass is 79.9. The van der Waals surface area contributed by atoms with Crippen LogP contribution in [0.25, 0.3) is 0 Å². The minimum absolute atomic E-state index is 0.0735. The second kappa shape index (κ2) is 6.99. The van der Waals surface area contributed by atoms with E-state index in [1.165, 1.54) is 6.07 Å². The molecule has 0 radical (unpaired) electrons. The summed E-state index contributed by atoms with van der Waals surface area (Å²) in [6.07, 6.45) is 0.581. The van der Waals surface area contributed by atoms with Crippen LogP contribution in [-0.4, -0.2) is 26.8 Å². The van der Waals surface area contributed by atoms with Gasteiger partial charge in [0, 0.05) is 10.0 Å². The first-order valence-corrected chi connectivity index (χ1v) is 8.74. The monoisotopic (exact) mass is 421 g/mol. The number of aromatic nitrogens is 4. The van der Waals surface area contributed by atoms with Crippen LogP contribution in [0.4, 0.5) is 14.7 Å². The van der Waals surface area contributed by atoms with Gasteiger partial charge in [-0.1, -0.05) is 51.4 Å². The van der Waals surface area contributed by atoms with Crippen LogP contribution < -0.4 is 10.1 Å². The van der Waals surface area contributed by atoms with Gasteiger partial charge in [-0.3, -0.25) is 0 Å². The summed E-state index contributed by atoms with van der Waals surface area (Å²) in [7, 11) is 0. The fourth-order valence-corrected chi connectivity index (χ4v) is 3.61. The second-order valence-electron chi connectivity index (χ2n) is 5.87. The van der Waals surface area contributed by atoms with E-state index in [9.17, 15) is 8.78 Å². The fourth-order valence-electron chi connectivity index (χ4n) is 3.20. The first-order valence-electron chi connectivity index (χ1n) is 7.95. The number of anilines is 1. The molecule has 3 aromatic rings. The van der Waals surface area contributed by atoms with Crippen LogP contribution in [-0.2, 0) is 0 Å². The molecular formula is C17H14BrF2N5O. The Bertz CT molecular complexity index is 919. The maximum absolute atomic E-state index is 12.8. The molecule has 0 unspecified atom stereocenters. The SMILES string of the molecule is FC(F)Oc1ccccc1[C@H]1C[C@@H](c2cccc(Br)c2)Nc2nnnn21. The maximum atomic E-state index is 12.8. The summed E-state index contributed by atoms with van der Waals surface area (Å²) < 4.78 is 32.9. The Morgan fingerprint density at radius 2 is 2.04 bits per heavy atom. The zero-order chi connectivity index (χ0) is 18.1. The highest BCUT2D eigenvalue weighted by Gasteiger charge is 2.32. The van der Waals surface area contributed by atoms with Gasteiger partial charge in [0.2, 0.25) is 5.95 Å². The van der Waals surface area contributed by atoms with E-state index in [1.54, 1.807) is 22.9 Å². The number of alkyl halides is 2. The Kier molecular flexibility index (Phi) is 4.54. The molecule has 0 spiro atoms. The van der Waals surface area contributed by atoms with Crippen LogP contribution >= 0.6 is 15.9 Å². The van der Waals surface area contributed by atoms with Gasteiger partial charge in [0.05, 0.1) is 12.1 Å². The van der Waals surface area contributed by atoms with Crippen LogP contribution in [0.5, 0.6) is 5.75 Å². The van der Waals surface area contributed by atoms with Gasteiger partial charge in [0.25, 0.3) is 0 Å². The molecule has 0 fully saturated rings. The number of ether oxygens (including phenoxy) is 1. The quantitative estimate of drug-likeness (QED) is 0.684. The summed E-state index contributed by atoms with van der Waals surface area (Å²) in [5.41, 5.74) is 1.66. The van der Waals surface area contributed by atoms with Crippen molar-refractivity contribution in [3.05, 3.63) is 64.1 Å². The van der Waals surface area contributed by atoms with Gasteiger partial charge in [0.15, 0.2) is 0 Å². The molecule has 2 heterocycles. The lowest BCUT2D eigenvalue weighted by atomic mass is 9.93. The number of fused-ring (bicyclic) bond motifs is 1. The van der Waals surface area contributed by atoms with Crippen molar-refractivity contribution in [3.8, 4) is 5.75 Å². The number of nitrogens with zero attached hydrogens (tertiary/aromatic N) is 4. The van der Waals surface area contributed by atoms with Gasteiger partial charge in [-0.2, -0.15) is 8.78 Å². The highest BCUT2D eigenvalue weighted by Crippen LogP contribution is 2.40. The van der Waals surface area contributed by atoms with E-state index in [-0.39, 0.29) is 17.8 Å². The molecule has 2 aromatic carbocycles. The number of hydrogen-bond donors (Lipinski definition) is 1. The number of tetrazole rings is 1. The van der Waals surface area contributed by atoms with E-state index in [0.717, 1.165) is 10.0 Å². The van der Waals surface area contributed by atoms with Crippen molar-refractivity contribution in [1.82, 2.24) is 20.2 Å². The number of nitrogens with one attached hydrogen (secondary N) is 1. The molecular weight excluding hydrogens is 408 g/mol. The number of halogens is 3. The molecule has 1 aliphatic rings. The van der Waals surface area contributed by atoms with Crippen molar-refractivity contribution in [3.63, 3.8) is 0 Å². The van der Waals surface area contributed by atoms with E-state index in [4.69, 9.17) is 4.74 Å². The smallest absolute Gasteiger partial charge is 0.387 e. The third-order valence-corrected chi connectivity index (χ3v) is 4.79. The lowest BCUT2D eigenvalue weighted by Crippen LogP contribution is -2.28. The molecule has 26 heavy (non-hydrogen) atoms. The normalized spacial score (nSPS) is 19.1. The molecule has 1 N–H and O–H groups in total. The summed E-state index contributed by atoms with van der Waals surface area (Å²) in [6.45, 7) is -2.90. The molecule has 0 saturated carbocycles. The molecule has 1 aromatic heterocycles. The Morgan fingerprint density at radius 1 is 1.19 bits per heavy atom. The fraction of sp³-hybridized carbons (Fsp3) is 0.235. The first kappa shape index (κ1) is 16.9. The van der Waals surface area contributed by atoms with E-state index in [0.29, 0.717) is 17.9 Å². The van der Waals surface area contributed by atoms with Crippen LogP contribution in [0.15, 0.2) is 53.0 Å². The van der Waals surface area contributed by atoms with Crippen molar-refractivity contribution < 1.29 is 13.5 Å². The van der Waals surface area contributed by atoms with Gasteiger partial charge in [-0.15, -0.1) is 0 Å². The Labute approximate surface area is 156 Å². The Hall–Kier alpha value is -2.55. The minimum atomic E-state index is -2.90. The molecule has 0 saturated heterocycles. The summed E-state index contributed by atoms with van der Waals surface area (Å²) >= 11 is 3.48. The molecule has 6 nitrogen and oxygen atoms in total. The molecule has 4 rings (SSSR count). The first-order chi connectivity index (χ1) is 12.6. The van der Waals surface area contributed by atoms with Gasteiger partial charge < -0.3 is 10.1 Å². The van der Waals surface area contributed by atoms with Gasteiger partial charge in [-0.25, -0.2) is 4.68 Å². The lowest BCUT2D eigenvalue weighted by Gasteiger charge is -2.31. The molecule has 0 amide bonds. The Balaban J connectivity index is 1.74. The van der Waals surface area contributed by atoms with E-state index >= 15 is 0 Å². The predicted molar refractivity (Wildman–Crippen MR) is 94.2 cm³/mol. The standard InChI is InChI=1S/C17H14BrF2N5O/c18-11-5-3-4-10(8-11)13-9-14(25-17(21-13)22-23-24-25)12-6-1-2-7-15(12)26-16(19)20/h1-8,13-14,16H,9H2,(H,21,22,24)/t13-,14+/m0/s1. The lowest BCUT2D eigenvalue weighted by molar-refractivity contribution is -0.0507. The average Bonchev–Trinajstić information content (AvgIpc) is 3.09. The van der Waals surface area contributed by atoms with Gasteiger partial charge in [-0.05, 0) is 40.6 Å². The zero-order valence-electron chi connectivity index (χ0n) is 13.4. The summed E-state index contributed by atoms with van der Waals surface area (Å²) in [6, 6.07) is 14.2. The van der Waals surface area contributed by atoms with Gasteiger partial charge >= 0.3 is 6.61 Å². The molecule has 9 heteroatoms. The van der Waals surface area contributed by atoms with Crippen molar-refractivity contribution in [2.45, 2.75) is 25.1 Å². The largest absolute Gasteiger partial charge is 0.434 e. The number of hydrogen-bond acceptors (Lipinski definition) is 5. The molecule has 2 atom stereocenters. The predicted octanol–water partition coefficient (Wildman–Crippen LogP) is 4.18. The van der Waals surface area contributed by atoms with Crippen LogP contribution in [0, 0.1) is 0 Å². The minimum Gasteiger partial charge on any atom is -0.434 e. The topological polar surface area (TPSA) is 64.9 Å². The summed E-state index contributed by atoms with van der Waals surface area (Å²) in [5, 5.41) is 15.0. The summed E-state index contributed by atoms with van der Waals surface area (Å²) in [5.74, 6) is 0.613. The van der Waals surface area contributed by atoms with E-state index in [2.05, 4.69) is 36.8 Å². The number of para-hydroxylation sites is 1. The average molecular weight is 422 g/mol. The van der Waals surface area contributed by atoms with E-state index in [1.807, 2.05) is 24.3 Å². The van der Waals surface area contributed by atoms with Crippen molar-refractivity contribution in [1.29, 1.82) is 0 Å². The number of benzene rings is 2. The highest BCUT2D eigenvalue weighted by molar-refractivity contribution is 9.10. The van der Waals surface area contributed by atoms with Crippen LogP contribution in [0.3, 0.4) is 0 Å². The molecule has 134 valence electrons. The van der Waals surface area contributed by atoms with Gasteiger partial charge in [0.1, 0.15) is 5.75 Å². The van der Waals surface area contributed by atoms with Crippen molar-refractivity contribution in [2.75, 3.05) is 5.32 Å². The number of rotatable bonds is 4. The Morgan fingerprint density at radius 3 is 2.85 bits per heavy atom. The van der Waals surface area contributed by atoms with Crippen LogP contribution in [0.1, 0.15) is 29.6 Å². The molecule has 0 aliphatic carbocycles. The van der Waals surface area contributed by atoms with E-state index < -0.39 is 6.61 Å². The third-order valence-electron chi connectivity index (χ3n) is 4.30. The third kappa shape index (κ3) is 3.26. The second-order valence-corrected chi connectivity index (χ2v) is 6.78. The van der Waals surface area contributed by atoms with Crippen molar-refractivity contribution >= 4 is 21.9 Å². The molecule has 1 aliphatic heterocycles.